The minimum Gasteiger partial charge on any atom is -0.756 e. The van der Waals surface area contributed by atoms with Crippen molar-refractivity contribution < 1.29 is 32.8 Å². The van der Waals surface area contributed by atoms with Crippen LogP contribution in [0.4, 0.5) is 0 Å². The first-order valence-corrected chi connectivity index (χ1v) is 18.8. The van der Waals surface area contributed by atoms with E-state index >= 15 is 0 Å². The predicted molar refractivity (Wildman–Crippen MR) is 171 cm³/mol. The Kier molecular flexibility index (Phi) is 28.7. The summed E-state index contributed by atoms with van der Waals surface area (Å²) in [4.78, 5) is 11.7. The summed E-state index contributed by atoms with van der Waals surface area (Å²) in [5, 5.41) is 9.88. The van der Waals surface area contributed by atoms with Gasteiger partial charge < -0.3 is 28.3 Å². The number of unbranched alkanes of at least 4 members (excludes halogenated alkanes) is 22. The smallest absolute Gasteiger partial charge is 0.268 e. The number of quaternary nitrogens is 1. The normalized spacial score (nSPS) is 14.4. The third-order valence-electron chi connectivity index (χ3n) is 7.64. The zero-order chi connectivity index (χ0) is 30.5. The molecule has 0 saturated carbocycles. The fourth-order valence-corrected chi connectivity index (χ4v) is 5.63. The quantitative estimate of drug-likeness (QED) is 0.0457. The number of aliphatic hydroxyl groups is 1. The molecule has 0 aliphatic rings. The summed E-state index contributed by atoms with van der Waals surface area (Å²) >= 11 is 0. The van der Waals surface area contributed by atoms with Gasteiger partial charge in [-0.1, -0.05) is 148 Å². The van der Waals surface area contributed by atoms with E-state index in [0.717, 1.165) is 12.8 Å². The van der Waals surface area contributed by atoms with Crippen LogP contribution >= 0.6 is 7.82 Å². The van der Waals surface area contributed by atoms with Crippen molar-refractivity contribution in [3.8, 4) is 0 Å². The lowest BCUT2D eigenvalue weighted by Gasteiger charge is -2.27. The fourth-order valence-electron chi connectivity index (χ4n) is 4.90. The van der Waals surface area contributed by atoms with E-state index in [-0.39, 0.29) is 19.8 Å². The monoisotopic (exact) mass is 607 g/mol. The Labute approximate surface area is 255 Å². The molecule has 0 spiro atoms. The van der Waals surface area contributed by atoms with Crippen LogP contribution in [-0.4, -0.2) is 69.8 Å². The SMILES string of the molecule is CCCCCCCCCCCCCCCCCCCCCCCCCOCC(O)COP(=O)([O-])OCC[N+](C)(C)C. The van der Waals surface area contributed by atoms with Crippen molar-refractivity contribution in [2.24, 2.45) is 0 Å². The topological polar surface area (TPSA) is 88.0 Å². The first-order chi connectivity index (χ1) is 19.7. The third kappa shape index (κ3) is 34.4. The Morgan fingerprint density at radius 2 is 0.951 bits per heavy atom. The molecular weight excluding hydrogens is 537 g/mol. The van der Waals surface area contributed by atoms with Crippen LogP contribution in [0.3, 0.4) is 0 Å². The lowest BCUT2D eigenvalue weighted by atomic mass is 10.0. The summed E-state index contributed by atoms with van der Waals surface area (Å²) in [7, 11) is 1.45. The van der Waals surface area contributed by atoms with E-state index in [1.54, 1.807) is 0 Å². The van der Waals surface area contributed by atoms with Gasteiger partial charge in [0.25, 0.3) is 7.82 Å². The number of phosphoric acid groups is 1. The van der Waals surface area contributed by atoms with Crippen LogP contribution in [-0.2, 0) is 18.3 Å². The van der Waals surface area contributed by atoms with Crippen molar-refractivity contribution in [2.45, 2.75) is 161 Å². The first kappa shape index (κ1) is 41.0. The number of hydrogen-bond donors (Lipinski definition) is 1. The molecule has 0 fully saturated rings. The highest BCUT2D eigenvalue weighted by Gasteiger charge is 2.15. The number of aliphatic hydroxyl groups excluding tert-OH is 1. The molecule has 0 aromatic heterocycles. The van der Waals surface area contributed by atoms with Gasteiger partial charge in [0, 0.05) is 6.61 Å². The maximum absolute atomic E-state index is 11.7. The van der Waals surface area contributed by atoms with Gasteiger partial charge in [0.05, 0.1) is 34.4 Å². The molecule has 1 N–H and O–H groups in total. The molecular formula is C33H70NO6P. The van der Waals surface area contributed by atoms with Gasteiger partial charge in [0.15, 0.2) is 0 Å². The van der Waals surface area contributed by atoms with E-state index in [0.29, 0.717) is 17.6 Å². The molecule has 0 saturated heterocycles. The summed E-state index contributed by atoms with van der Waals surface area (Å²) in [6.45, 7) is 3.18. The average molecular weight is 608 g/mol. The minimum absolute atomic E-state index is 0.0520. The molecule has 0 rings (SSSR count). The molecule has 248 valence electrons. The highest BCUT2D eigenvalue weighted by atomic mass is 31.2. The predicted octanol–water partition coefficient (Wildman–Crippen LogP) is 8.56. The van der Waals surface area contributed by atoms with Crippen LogP contribution in [0.25, 0.3) is 0 Å². The van der Waals surface area contributed by atoms with Crippen LogP contribution in [0.1, 0.15) is 155 Å². The third-order valence-corrected chi connectivity index (χ3v) is 8.60. The molecule has 0 aromatic carbocycles. The van der Waals surface area contributed by atoms with Crippen molar-refractivity contribution in [1.82, 2.24) is 0 Å². The van der Waals surface area contributed by atoms with Gasteiger partial charge in [-0.05, 0) is 6.42 Å². The van der Waals surface area contributed by atoms with Gasteiger partial charge in [-0.25, -0.2) is 0 Å². The average Bonchev–Trinajstić information content (AvgIpc) is 2.91. The molecule has 0 aliphatic heterocycles. The number of phosphoric ester groups is 1. The van der Waals surface area contributed by atoms with Gasteiger partial charge in [0.2, 0.25) is 0 Å². The second-order valence-electron chi connectivity index (χ2n) is 13.1. The lowest BCUT2D eigenvalue weighted by molar-refractivity contribution is -0.870. The number of hydrogen-bond acceptors (Lipinski definition) is 6. The van der Waals surface area contributed by atoms with Gasteiger partial charge in [0.1, 0.15) is 19.3 Å². The van der Waals surface area contributed by atoms with Crippen molar-refractivity contribution in [1.29, 1.82) is 0 Å². The van der Waals surface area contributed by atoms with Crippen LogP contribution < -0.4 is 4.89 Å². The van der Waals surface area contributed by atoms with Crippen LogP contribution in [0.15, 0.2) is 0 Å². The van der Waals surface area contributed by atoms with Gasteiger partial charge in [-0.15, -0.1) is 0 Å². The standard InChI is InChI=1S/C33H70NO6P/c1-5-6-7-8-9-10-11-12-13-14-15-16-17-18-19-20-21-22-23-24-25-26-27-29-38-31-33(35)32-40-41(36,37)39-30-28-34(2,3)4/h33,35H,5-32H2,1-4H3. The molecule has 2 unspecified atom stereocenters. The van der Waals surface area contributed by atoms with Crippen molar-refractivity contribution >= 4 is 7.82 Å². The van der Waals surface area contributed by atoms with Crippen molar-refractivity contribution in [3.05, 3.63) is 0 Å². The van der Waals surface area contributed by atoms with Gasteiger partial charge in [-0.2, -0.15) is 0 Å². The van der Waals surface area contributed by atoms with Gasteiger partial charge in [-0.3, -0.25) is 4.57 Å². The Hall–Kier alpha value is -0.0100. The van der Waals surface area contributed by atoms with Crippen molar-refractivity contribution in [3.63, 3.8) is 0 Å². The Morgan fingerprint density at radius 3 is 1.32 bits per heavy atom. The molecule has 0 aliphatic carbocycles. The summed E-state index contributed by atoms with van der Waals surface area (Å²) < 4.78 is 27.4. The lowest BCUT2D eigenvalue weighted by Crippen LogP contribution is -2.37. The largest absolute Gasteiger partial charge is 0.756 e. The highest BCUT2D eigenvalue weighted by molar-refractivity contribution is 7.45. The Morgan fingerprint density at radius 1 is 0.585 bits per heavy atom. The van der Waals surface area contributed by atoms with Crippen LogP contribution in [0, 0.1) is 0 Å². The van der Waals surface area contributed by atoms with Crippen molar-refractivity contribution in [2.75, 3.05) is 54.1 Å². The minimum atomic E-state index is -4.39. The van der Waals surface area contributed by atoms with E-state index in [4.69, 9.17) is 13.8 Å². The Balaban J connectivity index is 3.28. The number of ether oxygens (including phenoxy) is 1. The molecule has 0 heterocycles. The second-order valence-corrected chi connectivity index (χ2v) is 14.5. The van der Waals surface area contributed by atoms with E-state index in [9.17, 15) is 14.6 Å². The number of rotatable bonds is 33. The number of nitrogens with zero attached hydrogens (tertiary/aromatic N) is 1. The number of likely N-dealkylation sites (N-methyl/N-ethyl adjacent to an activating group) is 1. The van der Waals surface area contributed by atoms with Crippen LogP contribution in [0.2, 0.25) is 0 Å². The molecule has 41 heavy (non-hydrogen) atoms. The molecule has 0 radical (unpaired) electrons. The fraction of sp³-hybridized carbons (Fsp3) is 1.00. The van der Waals surface area contributed by atoms with E-state index in [1.165, 1.54) is 135 Å². The Bertz CT molecular complexity index is 587. The zero-order valence-corrected chi connectivity index (χ0v) is 28.7. The molecule has 7 nitrogen and oxygen atoms in total. The maximum atomic E-state index is 11.7. The molecule has 0 aromatic rings. The second kappa shape index (κ2) is 28.7. The van der Waals surface area contributed by atoms with E-state index < -0.39 is 13.9 Å². The molecule has 2 atom stereocenters. The molecule has 0 amide bonds. The summed E-state index contributed by atoms with van der Waals surface area (Å²) in [5.41, 5.74) is 0. The molecule has 8 heteroatoms. The van der Waals surface area contributed by atoms with E-state index in [1.807, 2.05) is 21.1 Å². The van der Waals surface area contributed by atoms with Gasteiger partial charge >= 0.3 is 0 Å². The zero-order valence-electron chi connectivity index (χ0n) is 27.8. The summed E-state index contributed by atoms with van der Waals surface area (Å²) in [6.07, 6.45) is 30.5. The molecule has 0 bridgehead atoms. The summed E-state index contributed by atoms with van der Waals surface area (Å²) in [6, 6.07) is 0. The van der Waals surface area contributed by atoms with Crippen LogP contribution in [0.5, 0.6) is 0 Å². The first-order valence-electron chi connectivity index (χ1n) is 17.3. The maximum Gasteiger partial charge on any atom is 0.268 e. The summed E-state index contributed by atoms with van der Waals surface area (Å²) in [5.74, 6) is 0. The van der Waals surface area contributed by atoms with E-state index in [2.05, 4.69) is 6.92 Å². The highest BCUT2D eigenvalue weighted by Crippen LogP contribution is 2.38.